The molecule has 0 saturated carbocycles. The molecule has 0 aliphatic carbocycles. The van der Waals surface area contributed by atoms with E-state index in [1.165, 1.54) is 0 Å². The number of hydrogen-bond donors (Lipinski definition) is 3. The lowest BCUT2D eigenvalue weighted by atomic mass is 10.1. The molecule has 0 spiro atoms. The second-order valence-corrected chi connectivity index (χ2v) is 4.81. The molecule has 3 rings (SSSR count). The molecule has 6 heteroatoms. The quantitative estimate of drug-likeness (QED) is 0.648. The molecule has 0 saturated heterocycles. The van der Waals surface area contributed by atoms with Gasteiger partial charge in [-0.05, 0) is 18.2 Å². The van der Waals surface area contributed by atoms with Gasteiger partial charge in [-0.25, -0.2) is 0 Å². The number of hydrazine groups is 1. The van der Waals surface area contributed by atoms with Gasteiger partial charge >= 0.3 is 0 Å². The Labute approximate surface area is 132 Å². The number of carbonyl (C=O) groups excluding carboxylic acids is 2. The first kappa shape index (κ1) is 14.5. The van der Waals surface area contributed by atoms with E-state index in [4.69, 9.17) is 0 Å². The first-order valence-corrected chi connectivity index (χ1v) is 7.00. The number of nitrogens with zero attached hydrogens (tertiary/aromatic N) is 1. The van der Waals surface area contributed by atoms with Crippen LogP contribution in [0.15, 0.2) is 66.7 Å². The molecule has 0 fully saturated rings. The maximum atomic E-state index is 12.0. The molecule has 3 N–H and O–H groups in total. The van der Waals surface area contributed by atoms with Crippen LogP contribution in [0, 0.1) is 0 Å². The number of H-pyrrole nitrogens is 1. The van der Waals surface area contributed by atoms with Crippen LogP contribution in [0.4, 0.5) is 0 Å². The Hall–Kier alpha value is -3.41. The number of benzene rings is 2. The third-order valence-electron chi connectivity index (χ3n) is 3.22. The van der Waals surface area contributed by atoms with E-state index in [0.717, 1.165) is 5.56 Å². The number of aromatic nitrogens is 2. The van der Waals surface area contributed by atoms with E-state index in [1.807, 2.05) is 36.4 Å². The lowest BCUT2D eigenvalue weighted by Crippen LogP contribution is -2.41. The summed E-state index contributed by atoms with van der Waals surface area (Å²) in [5, 5.41) is 6.75. The van der Waals surface area contributed by atoms with Crippen molar-refractivity contribution in [3.05, 3.63) is 78.0 Å². The Bertz CT molecular complexity index is 813. The van der Waals surface area contributed by atoms with Crippen LogP contribution in [0.2, 0.25) is 0 Å². The molecule has 0 aliphatic rings. The normalized spacial score (nSPS) is 10.1. The van der Waals surface area contributed by atoms with E-state index in [2.05, 4.69) is 21.0 Å². The van der Waals surface area contributed by atoms with Crippen LogP contribution in [-0.4, -0.2) is 22.0 Å². The van der Waals surface area contributed by atoms with Crippen LogP contribution in [0.1, 0.15) is 20.8 Å². The SMILES string of the molecule is O=C(NNC(=O)c1cc(-c2ccccc2)n[nH]1)c1ccccc1. The molecule has 1 aromatic heterocycles. The summed E-state index contributed by atoms with van der Waals surface area (Å²) in [7, 11) is 0. The predicted molar refractivity (Wildman–Crippen MR) is 85.4 cm³/mol. The van der Waals surface area contributed by atoms with Gasteiger partial charge in [0.25, 0.3) is 11.8 Å². The van der Waals surface area contributed by atoms with Gasteiger partial charge < -0.3 is 0 Å². The van der Waals surface area contributed by atoms with E-state index in [1.54, 1.807) is 30.3 Å². The molecular weight excluding hydrogens is 292 g/mol. The lowest BCUT2D eigenvalue weighted by Gasteiger charge is -2.05. The van der Waals surface area contributed by atoms with Crippen molar-refractivity contribution in [1.29, 1.82) is 0 Å². The maximum absolute atomic E-state index is 12.0. The molecule has 6 nitrogen and oxygen atoms in total. The van der Waals surface area contributed by atoms with Gasteiger partial charge in [0, 0.05) is 11.1 Å². The zero-order chi connectivity index (χ0) is 16.1. The third kappa shape index (κ3) is 3.44. The molecule has 0 radical (unpaired) electrons. The summed E-state index contributed by atoms with van der Waals surface area (Å²) in [6.07, 6.45) is 0. The zero-order valence-corrected chi connectivity index (χ0v) is 12.1. The minimum absolute atomic E-state index is 0.261. The van der Waals surface area contributed by atoms with Gasteiger partial charge in [0.05, 0.1) is 5.69 Å². The molecule has 0 atom stereocenters. The smallest absolute Gasteiger partial charge is 0.272 e. The molecule has 3 aromatic rings. The van der Waals surface area contributed by atoms with Crippen molar-refractivity contribution < 1.29 is 9.59 Å². The molecule has 1 heterocycles. The van der Waals surface area contributed by atoms with Crippen molar-refractivity contribution in [3.63, 3.8) is 0 Å². The van der Waals surface area contributed by atoms with Gasteiger partial charge in [-0.3, -0.25) is 25.5 Å². The Kier molecular flexibility index (Phi) is 4.15. The summed E-state index contributed by atoms with van der Waals surface area (Å²) in [5.74, 6) is -0.856. The molecule has 2 amide bonds. The number of nitrogens with one attached hydrogen (secondary N) is 3. The molecular formula is C17H14N4O2. The highest BCUT2D eigenvalue weighted by atomic mass is 16.2. The standard InChI is InChI=1S/C17H14N4O2/c22-16(13-9-5-2-6-10-13)20-21-17(23)15-11-14(18-19-15)12-7-3-1-4-8-12/h1-11H,(H,18,19)(H,20,22)(H,21,23). The molecule has 0 bridgehead atoms. The number of carbonyl (C=O) groups is 2. The van der Waals surface area contributed by atoms with Crippen molar-refractivity contribution in [3.8, 4) is 11.3 Å². The number of aromatic amines is 1. The second kappa shape index (κ2) is 6.57. The number of rotatable bonds is 3. The predicted octanol–water partition coefficient (Wildman–Crippen LogP) is 2.15. The summed E-state index contributed by atoms with van der Waals surface area (Å²) >= 11 is 0. The number of amides is 2. The summed E-state index contributed by atoms with van der Waals surface area (Å²) in [4.78, 5) is 23.9. The van der Waals surface area contributed by atoms with Crippen LogP contribution in [-0.2, 0) is 0 Å². The van der Waals surface area contributed by atoms with Crippen molar-refractivity contribution in [1.82, 2.24) is 21.0 Å². The van der Waals surface area contributed by atoms with Gasteiger partial charge in [0.15, 0.2) is 0 Å². The van der Waals surface area contributed by atoms with Crippen LogP contribution in [0.25, 0.3) is 11.3 Å². The molecule has 23 heavy (non-hydrogen) atoms. The highest BCUT2D eigenvalue weighted by Gasteiger charge is 2.12. The second-order valence-electron chi connectivity index (χ2n) is 4.81. The van der Waals surface area contributed by atoms with E-state index in [0.29, 0.717) is 11.3 Å². The fourth-order valence-electron chi connectivity index (χ4n) is 2.04. The van der Waals surface area contributed by atoms with Crippen molar-refractivity contribution >= 4 is 11.8 Å². The van der Waals surface area contributed by atoms with Crippen molar-refractivity contribution in [2.24, 2.45) is 0 Å². The van der Waals surface area contributed by atoms with Gasteiger partial charge in [-0.2, -0.15) is 5.10 Å². The van der Waals surface area contributed by atoms with Gasteiger partial charge in [-0.15, -0.1) is 0 Å². The Morgan fingerprint density at radius 3 is 2.13 bits per heavy atom. The van der Waals surface area contributed by atoms with E-state index in [9.17, 15) is 9.59 Å². The molecule has 0 unspecified atom stereocenters. The average molecular weight is 306 g/mol. The van der Waals surface area contributed by atoms with E-state index < -0.39 is 5.91 Å². The summed E-state index contributed by atoms with van der Waals surface area (Å²) in [6.45, 7) is 0. The van der Waals surface area contributed by atoms with Crippen LogP contribution >= 0.6 is 0 Å². The topological polar surface area (TPSA) is 86.9 Å². The Morgan fingerprint density at radius 2 is 1.43 bits per heavy atom. The first-order chi connectivity index (χ1) is 11.2. The van der Waals surface area contributed by atoms with E-state index in [-0.39, 0.29) is 11.6 Å². The first-order valence-electron chi connectivity index (χ1n) is 7.00. The Morgan fingerprint density at radius 1 is 0.826 bits per heavy atom. The molecule has 114 valence electrons. The zero-order valence-electron chi connectivity index (χ0n) is 12.1. The maximum Gasteiger partial charge on any atom is 0.287 e. The largest absolute Gasteiger partial charge is 0.287 e. The molecule has 0 aliphatic heterocycles. The van der Waals surface area contributed by atoms with Crippen LogP contribution in [0.5, 0.6) is 0 Å². The fraction of sp³-hybridized carbons (Fsp3) is 0. The third-order valence-corrected chi connectivity index (χ3v) is 3.22. The number of hydrogen-bond acceptors (Lipinski definition) is 3. The summed E-state index contributed by atoms with van der Waals surface area (Å²) < 4.78 is 0. The summed E-state index contributed by atoms with van der Waals surface area (Å²) in [6, 6.07) is 19.7. The minimum Gasteiger partial charge on any atom is -0.272 e. The minimum atomic E-state index is -0.469. The highest BCUT2D eigenvalue weighted by molar-refractivity contribution is 5.98. The van der Waals surface area contributed by atoms with Gasteiger partial charge in [0.1, 0.15) is 5.69 Å². The van der Waals surface area contributed by atoms with Crippen LogP contribution < -0.4 is 10.9 Å². The monoisotopic (exact) mass is 306 g/mol. The fourth-order valence-corrected chi connectivity index (χ4v) is 2.04. The van der Waals surface area contributed by atoms with E-state index >= 15 is 0 Å². The Balaban J connectivity index is 1.63. The van der Waals surface area contributed by atoms with Gasteiger partial charge in [-0.1, -0.05) is 48.5 Å². The average Bonchev–Trinajstić information content (AvgIpc) is 3.11. The van der Waals surface area contributed by atoms with Crippen LogP contribution in [0.3, 0.4) is 0 Å². The highest BCUT2D eigenvalue weighted by Crippen LogP contribution is 2.16. The van der Waals surface area contributed by atoms with Crippen molar-refractivity contribution in [2.45, 2.75) is 0 Å². The van der Waals surface area contributed by atoms with Gasteiger partial charge in [0.2, 0.25) is 0 Å². The molecule has 2 aromatic carbocycles. The summed E-state index contributed by atoms with van der Waals surface area (Å²) in [5.41, 5.74) is 6.99. The van der Waals surface area contributed by atoms with Crippen molar-refractivity contribution in [2.75, 3.05) is 0 Å². The lowest BCUT2D eigenvalue weighted by molar-refractivity contribution is 0.0844.